The van der Waals surface area contributed by atoms with E-state index in [9.17, 15) is 4.79 Å². The predicted octanol–water partition coefficient (Wildman–Crippen LogP) is 2.31. The smallest absolute Gasteiger partial charge is 0.245 e. The molecule has 2 nitrogen and oxygen atoms in total. The predicted molar refractivity (Wildman–Crippen MR) is 58.9 cm³/mol. The summed E-state index contributed by atoms with van der Waals surface area (Å²) in [4.78, 5) is 11.2. The quantitative estimate of drug-likeness (QED) is 0.816. The van der Waals surface area contributed by atoms with E-state index in [0.717, 1.165) is 10.0 Å². The summed E-state index contributed by atoms with van der Waals surface area (Å²) in [5.74, 6) is -0.0526. The first kappa shape index (κ1) is 9.46. The maximum absolute atomic E-state index is 11.2. The first-order valence-corrected chi connectivity index (χ1v) is 5.17. The molecule has 1 aliphatic heterocycles. The van der Waals surface area contributed by atoms with Crippen molar-refractivity contribution in [2.75, 3.05) is 0 Å². The van der Waals surface area contributed by atoms with Gasteiger partial charge in [0, 0.05) is 10.6 Å². The zero-order chi connectivity index (χ0) is 10.2. The monoisotopic (exact) mass is 251 g/mol. The van der Waals surface area contributed by atoms with Crippen LogP contribution in [0.2, 0.25) is 0 Å². The molecule has 1 aliphatic rings. The fourth-order valence-corrected chi connectivity index (χ4v) is 2.12. The number of benzene rings is 1. The van der Waals surface area contributed by atoms with Crippen LogP contribution in [0.4, 0.5) is 0 Å². The molecule has 0 fully saturated rings. The average Bonchev–Trinajstić information content (AvgIpc) is 2.43. The van der Waals surface area contributed by atoms with Crippen molar-refractivity contribution in [3.8, 4) is 0 Å². The van der Waals surface area contributed by atoms with Gasteiger partial charge in [0.05, 0.1) is 5.54 Å². The molecular weight excluding hydrogens is 242 g/mol. The van der Waals surface area contributed by atoms with Gasteiger partial charge in [0.25, 0.3) is 0 Å². The highest BCUT2D eigenvalue weighted by atomic mass is 79.9. The van der Waals surface area contributed by atoms with E-state index in [-0.39, 0.29) is 5.91 Å². The lowest BCUT2D eigenvalue weighted by Crippen LogP contribution is -2.37. The first-order chi connectivity index (χ1) is 6.63. The van der Waals surface area contributed by atoms with Crippen molar-refractivity contribution < 1.29 is 4.79 Å². The van der Waals surface area contributed by atoms with Crippen LogP contribution in [-0.2, 0) is 10.3 Å². The van der Waals surface area contributed by atoms with Crippen LogP contribution in [0.25, 0.3) is 0 Å². The molecule has 3 heteroatoms. The number of hydrogen-bond acceptors (Lipinski definition) is 1. The van der Waals surface area contributed by atoms with Crippen molar-refractivity contribution in [1.82, 2.24) is 5.32 Å². The molecule has 1 aromatic rings. The largest absolute Gasteiger partial charge is 0.339 e. The van der Waals surface area contributed by atoms with E-state index in [2.05, 4.69) is 21.2 Å². The molecule has 0 aliphatic carbocycles. The number of halogens is 1. The van der Waals surface area contributed by atoms with Gasteiger partial charge >= 0.3 is 0 Å². The highest BCUT2D eigenvalue weighted by Gasteiger charge is 2.36. The lowest BCUT2D eigenvalue weighted by Gasteiger charge is -2.25. The zero-order valence-corrected chi connectivity index (χ0v) is 9.34. The van der Waals surface area contributed by atoms with Crippen molar-refractivity contribution in [3.63, 3.8) is 0 Å². The second-order valence-corrected chi connectivity index (χ2v) is 4.33. The Morgan fingerprint density at radius 2 is 1.93 bits per heavy atom. The van der Waals surface area contributed by atoms with Crippen LogP contribution in [0.1, 0.15) is 12.5 Å². The van der Waals surface area contributed by atoms with Crippen molar-refractivity contribution in [1.29, 1.82) is 0 Å². The Hall–Kier alpha value is -1.09. The Balaban J connectivity index is 2.45. The Morgan fingerprint density at radius 1 is 1.29 bits per heavy atom. The Labute approximate surface area is 91.1 Å². The maximum atomic E-state index is 11.2. The van der Waals surface area contributed by atoms with Crippen LogP contribution in [0, 0.1) is 0 Å². The van der Waals surface area contributed by atoms with Crippen molar-refractivity contribution >= 4 is 21.8 Å². The van der Waals surface area contributed by atoms with Gasteiger partial charge in [0.1, 0.15) is 0 Å². The van der Waals surface area contributed by atoms with Gasteiger partial charge in [0.15, 0.2) is 0 Å². The second kappa shape index (κ2) is 3.24. The number of nitrogens with one attached hydrogen (secondary N) is 1. The average molecular weight is 252 g/mol. The molecule has 72 valence electrons. The molecule has 1 atom stereocenters. The molecule has 0 spiro atoms. The molecule has 14 heavy (non-hydrogen) atoms. The number of rotatable bonds is 1. The maximum Gasteiger partial charge on any atom is 0.245 e. The molecule has 0 aromatic heterocycles. The van der Waals surface area contributed by atoms with Gasteiger partial charge in [-0.25, -0.2) is 0 Å². The molecular formula is C11H10BrNO. The molecule has 0 bridgehead atoms. The van der Waals surface area contributed by atoms with E-state index in [1.807, 2.05) is 37.3 Å². The van der Waals surface area contributed by atoms with E-state index in [1.165, 1.54) is 0 Å². The van der Waals surface area contributed by atoms with E-state index < -0.39 is 5.54 Å². The van der Waals surface area contributed by atoms with Crippen molar-refractivity contribution in [2.24, 2.45) is 0 Å². The minimum absolute atomic E-state index is 0.0526. The molecule has 1 heterocycles. The van der Waals surface area contributed by atoms with Crippen LogP contribution in [-0.4, -0.2) is 5.91 Å². The molecule has 0 radical (unpaired) electrons. The summed E-state index contributed by atoms with van der Waals surface area (Å²) in [6, 6.07) is 9.89. The lowest BCUT2D eigenvalue weighted by molar-refractivity contribution is -0.116. The minimum atomic E-state index is -0.404. The van der Waals surface area contributed by atoms with Crippen LogP contribution >= 0.6 is 15.9 Å². The molecule has 1 aromatic carbocycles. The molecule has 1 unspecified atom stereocenters. The Kier molecular flexibility index (Phi) is 2.19. The Morgan fingerprint density at radius 3 is 2.43 bits per heavy atom. The normalized spacial score (nSPS) is 25.9. The summed E-state index contributed by atoms with van der Waals surface area (Å²) in [5.41, 5.74) is 0.673. The Bertz CT molecular complexity index is 399. The van der Waals surface area contributed by atoms with Gasteiger partial charge in [-0.1, -0.05) is 46.3 Å². The van der Waals surface area contributed by atoms with E-state index in [1.54, 1.807) is 6.08 Å². The number of carbonyl (C=O) groups excluding carboxylic acids is 1. The summed E-state index contributed by atoms with van der Waals surface area (Å²) in [6.45, 7) is 1.98. The lowest BCUT2D eigenvalue weighted by atomic mass is 9.93. The van der Waals surface area contributed by atoms with Gasteiger partial charge < -0.3 is 5.32 Å². The minimum Gasteiger partial charge on any atom is -0.339 e. The summed E-state index contributed by atoms with van der Waals surface area (Å²) in [6.07, 6.45) is 1.58. The van der Waals surface area contributed by atoms with Gasteiger partial charge in [-0.2, -0.15) is 0 Å². The third kappa shape index (κ3) is 1.38. The third-order valence-electron chi connectivity index (χ3n) is 2.46. The molecule has 1 amide bonds. The van der Waals surface area contributed by atoms with Gasteiger partial charge in [0.2, 0.25) is 5.91 Å². The summed E-state index contributed by atoms with van der Waals surface area (Å²) < 4.78 is 0.876. The fraction of sp³-hybridized carbons (Fsp3) is 0.182. The molecule has 2 rings (SSSR count). The van der Waals surface area contributed by atoms with Crippen LogP contribution in [0.5, 0.6) is 0 Å². The molecule has 0 saturated carbocycles. The SMILES string of the molecule is CC1(c2ccccc2)NC(=O)C=C1Br. The third-order valence-corrected chi connectivity index (χ3v) is 3.48. The van der Waals surface area contributed by atoms with E-state index in [0.29, 0.717) is 0 Å². The first-order valence-electron chi connectivity index (χ1n) is 4.38. The molecule has 1 N–H and O–H groups in total. The molecule has 0 saturated heterocycles. The van der Waals surface area contributed by atoms with Gasteiger partial charge in [-0.3, -0.25) is 4.79 Å². The zero-order valence-electron chi connectivity index (χ0n) is 7.75. The fourth-order valence-electron chi connectivity index (χ4n) is 1.58. The van der Waals surface area contributed by atoms with Gasteiger partial charge in [-0.05, 0) is 12.5 Å². The second-order valence-electron chi connectivity index (χ2n) is 3.47. The van der Waals surface area contributed by atoms with E-state index >= 15 is 0 Å². The topological polar surface area (TPSA) is 29.1 Å². The highest BCUT2D eigenvalue weighted by Crippen LogP contribution is 2.36. The highest BCUT2D eigenvalue weighted by molar-refractivity contribution is 9.11. The van der Waals surface area contributed by atoms with Crippen LogP contribution in [0.3, 0.4) is 0 Å². The number of hydrogen-bond donors (Lipinski definition) is 1. The summed E-state index contributed by atoms with van der Waals surface area (Å²) >= 11 is 3.42. The van der Waals surface area contributed by atoms with Gasteiger partial charge in [-0.15, -0.1) is 0 Å². The van der Waals surface area contributed by atoms with Crippen LogP contribution < -0.4 is 5.32 Å². The summed E-state index contributed by atoms with van der Waals surface area (Å²) in [7, 11) is 0. The number of carbonyl (C=O) groups is 1. The van der Waals surface area contributed by atoms with Crippen LogP contribution in [0.15, 0.2) is 40.9 Å². The van der Waals surface area contributed by atoms with E-state index in [4.69, 9.17) is 0 Å². The standard InChI is InChI=1S/C11H10BrNO/c1-11(8-5-3-2-4-6-8)9(12)7-10(14)13-11/h2-7H,1H3,(H,13,14). The van der Waals surface area contributed by atoms with Crippen molar-refractivity contribution in [2.45, 2.75) is 12.5 Å². The summed E-state index contributed by atoms with van der Waals surface area (Å²) in [5, 5.41) is 2.92. The van der Waals surface area contributed by atoms with Crippen molar-refractivity contribution in [3.05, 3.63) is 46.5 Å². The number of amides is 1.